The molecule has 1 fully saturated rings. The van der Waals surface area contributed by atoms with Crippen molar-refractivity contribution in [2.45, 2.75) is 29.9 Å². The smallest absolute Gasteiger partial charge is 0.258 e. The van der Waals surface area contributed by atoms with Crippen molar-refractivity contribution >= 4 is 65.4 Å². The highest BCUT2D eigenvalue weighted by atomic mass is 79.9. The SMILES string of the molecule is COCCCN1C(=O)c2cccc3c(CC(=O)C4CCCN(S(=O)(=O)c5ccc(Br)s5)C4)ccc1c23. The number of Topliss-reactive ketones (excluding diaryl/α,β-unsaturated/α-hetero) is 1. The highest BCUT2D eigenvalue weighted by molar-refractivity contribution is 9.11. The zero-order chi connectivity index (χ0) is 25.4. The Morgan fingerprint density at radius 2 is 2.03 bits per heavy atom. The third kappa shape index (κ3) is 4.65. The Labute approximate surface area is 223 Å². The number of anilines is 1. The van der Waals surface area contributed by atoms with Gasteiger partial charge in [0.2, 0.25) is 0 Å². The summed E-state index contributed by atoms with van der Waals surface area (Å²) in [5.74, 6) is -0.347. The Hall–Kier alpha value is -2.11. The van der Waals surface area contributed by atoms with E-state index in [1.165, 1.54) is 15.6 Å². The monoisotopic (exact) mass is 590 g/mol. The van der Waals surface area contributed by atoms with Crippen molar-refractivity contribution < 1.29 is 22.7 Å². The average molecular weight is 592 g/mol. The maximum atomic E-state index is 13.4. The lowest BCUT2D eigenvalue weighted by molar-refractivity contribution is -0.123. The number of hydrogen-bond acceptors (Lipinski definition) is 6. The number of ketones is 1. The third-order valence-electron chi connectivity index (χ3n) is 6.95. The number of amides is 1. The summed E-state index contributed by atoms with van der Waals surface area (Å²) >= 11 is 4.51. The lowest BCUT2D eigenvalue weighted by atomic mass is 9.89. The topological polar surface area (TPSA) is 84.0 Å². The van der Waals surface area contributed by atoms with Gasteiger partial charge < -0.3 is 9.64 Å². The normalized spacial score (nSPS) is 18.3. The molecule has 1 aromatic heterocycles. The molecule has 1 saturated heterocycles. The molecular weight excluding hydrogens is 564 g/mol. The zero-order valence-electron chi connectivity index (χ0n) is 19.9. The molecule has 36 heavy (non-hydrogen) atoms. The van der Waals surface area contributed by atoms with Gasteiger partial charge >= 0.3 is 0 Å². The van der Waals surface area contributed by atoms with Crippen LogP contribution in [0.3, 0.4) is 0 Å². The van der Waals surface area contributed by atoms with Gasteiger partial charge in [0.25, 0.3) is 15.9 Å². The molecule has 0 bridgehead atoms. The summed E-state index contributed by atoms with van der Waals surface area (Å²) in [6, 6.07) is 12.8. The first-order chi connectivity index (χ1) is 17.3. The van der Waals surface area contributed by atoms with Gasteiger partial charge in [-0.2, -0.15) is 4.31 Å². The summed E-state index contributed by atoms with van der Waals surface area (Å²) in [6.07, 6.45) is 2.27. The number of benzene rings is 2. The lowest BCUT2D eigenvalue weighted by Gasteiger charge is -2.31. The van der Waals surface area contributed by atoms with E-state index in [2.05, 4.69) is 15.9 Å². The second-order valence-corrected chi connectivity index (χ2v) is 13.8. The molecule has 0 N–H and O–H groups in total. The van der Waals surface area contributed by atoms with Gasteiger partial charge in [-0.15, -0.1) is 11.3 Å². The number of thiophene rings is 1. The molecule has 0 radical (unpaired) electrons. The number of methoxy groups -OCH3 is 1. The van der Waals surface area contributed by atoms with Crippen LogP contribution in [-0.4, -0.2) is 57.8 Å². The molecule has 1 atom stereocenters. The molecule has 3 heterocycles. The summed E-state index contributed by atoms with van der Waals surface area (Å²) in [6.45, 7) is 1.77. The van der Waals surface area contributed by atoms with E-state index in [4.69, 9.17) is 4.74 Å². The standard InChI is InChI=1S/C26H27BrN2O5S2/c1-34-14-4-13-29-21-9-8-17(19-6-2-7-20(25(19)21)26(29)31)15-22(30)18-5-3-12-28(16-18)36(32,33)24-11-10-23(27)35-24/h2,6-11,18H,3-5,12-16H2,1H3. The van der Waals surface area contributed by atoms with Crippen LogP contribution in [0.25, 0.3) is 10.8 Å². The number of hydrogen-bond donors (Lipinski definition) is 0. The molecule has 5 rings (SSSR count). The van der Waals surface area contributed by atoms with Crippen LogP contribution in [0.1, 0.15) is 35.2 Å². The van der Waals surface area contributed by atoms with Crippen molar-refractivity contribution in [2.75, 3.05) is 38.3 Å². The second kappa shape index (κ2) is 10.3. The first kappa shape index (κ1) is 25.5. The number of rotatable bonds is 9. The highest BCUT2D eigenvalue weighted by Crippen LogP contribution is 2.39. The Morgan fingerprint density at radius 3 is 2.78 bits per heavy atom. The maximum Gasteiger partial charge on any atom is 0.258 e. The van der Waals surface area contributed by atoms with Crippen LogP contribution in [0.4, 0.5) is 5.69 Å². The van der Waals surface area contributed by atoms with Crippen LogP contribution >= 0.6 is 27.3 Å². The summed E-state index contributed by atoms with van der Waals surface area (Å²) in [5.41, 5.74) is 2.40. The molecule has 0 aliphatic carbocycles. The fourth-order valence-corrected chi connectivity index (χ4v) is 8.86. The summed E-state index contributed by atoms with van der Waals surface area (Å²) < 4.78 is 33.8. The first-order valence-electron chi connectivity index (χ1n) is 11.9. The summed E-state index contributed by atoms with van der Waals surface area (Å²) in [4.78, 5) is 28.2. The van der Waals surface area contributed by atoms with Crippen LogP contribution in [0.2, 0.25) is 0 Å². The molecule has 0 saturated carbocycles. The van der Waals surface area contributed by atoms with Crippen LogP contribution in [-0.2, 0) is 26.0 Å². The Kier molecular flexibility index (Phi) is 7.33. The lowest BCUT2D eigenvalue weighted by Crippen LogP contribution is -2.42. The summed E-state index contributed by atoms with van der Waals surface area (Å²) in [7, 11) is -1.98. The number of ether oxygens (including phenoxy) is 1. The molecule has 2 aliphatic heterocycles. The van der Waals surface area contributed by atoms with Crippen molar-refractivity contribution in [3.8, 4) is 0 Å². The van der Waals surface area contributed by atoms with Crippen molar-refractivity contribution in [3.63, 3.8) is 0 Å². The molecular formula is C26H27BrN2O5S2. The Morgan fingerprint density at radius 1 is 1.19 bits per heavy atom. The number of carbonyl (C=O) groups excluding carboxylic acids is 2. The predicted molar refractivity (Wildman–Crippen MR) is 144 cm³/mol. The largest absolute Gasteiger partial charge is 0.385 e. The molecule has 10 heteroatoms. The molecule has 2 aliphatic rings. The van der Waals surface area contributed by atoms with Crippen molar-refractivity contribution in [1.29, 1.82) is 0 Å². The van der Waals surface area contributed by atoms with Crippen molar-refractivity contribution in [2.24, 2.45) is 5.92 Å². The van der Waals surface area contributed by atoms with Crippen molar-refractivity contribution in [3.05, 3.63) is 57.4 Å². The van der Waals surface area contributed by atoms with Crippen molar-refractivity contribution in [1.82, 2.24) is 4.31 Å². The molecule has 1 amide bonds. The molecule has 2 aromatic carbocycles. The van der Waals surface area contributed by atoms with E-state index in [0.717, 1.165) is 32.2 Å². The van der Waals surface area contributed by atoms with E-state index in [1.807, 2.05) is 30.3 Å². The van der Waals surface area contributed by atoms with Gasteiger partial charge in [-0.25, -0.2) is 8.42 Å². The maximum absolute atomic E-state index is 13.4. The fourth-order valence-electron chi connectivity index (χ4n) is 5.17. The van der Waals surface area contributed by atoms with Crippen LogP contribution in [0.15, 0.2) is 50.5 Å². The van der Waals surface area contributed by atoms with Gasteiger partial charge in [0.05, 0.1) is 9.47 Å². The molecule has 3 aromatic rings. The minimum absolute atomic E-state index is 0.0245. The minimum atomic E-state index is -3.62. The number of piperidine rings is 1. The number of sulfonamides is 1. The van der Waals surface area contributed by atoms with Gasteiger partial charge in [0.15, 0.2) is 0 Å². The molecule has 190 valence electrons. The quantitative estimate of drug-likeness (QED) is 0.332. The van der Waals surface area contributed by atoms with E-state index in [9.17, 15) is 18.0 Å². The van der Waals surface area contributed by atoms with E-state index in [-0.39, 0.29) is 34.8 Å². The van der Waals surface area contributed by atoms with Gasteiger partial charge in [-0.3, -0.25) is 9.59 Å². The first-order valence-corrected chi connectivity index (χ1v) is 15.0. The number of nitrogens with zero attached hydrogens (tertiary/aromatic N) is 2. The van der Waals surface area contributed by atoms with Gasteiger partial charge in [-0.1, -0.05) is 18.2 Å². The van der Waals surface area contributed by atoms with Gasteiger partial charge in [0.1, 0.15) is 9.99 Å². The van der Waals surface area contributed by atoms with Crippen LogP contribution in [0, 0.1) is 5.92 Å². The predicted octanol–water partition coefficient (Wildman–Crippen LogP) is 4.87. The third-order valence-corrected chi connectivity index (χ3v) is 10.9. The molecule has 1 unspecified atom stereocenters. The number of halogens is 1. The fraction of sp³-hybridized carbons (Fsp3) is 0.385. The Bertz CT molecular complexity index is 1440. The van der Waals surface area contributed by atoms with E-state index in [0.29, 0.717) is 38.1 Å². The average Bonchev–Trinajstić information content (AvgIpc) is 3.44. The Balaban J connectivity index is 1.36. The molecule has 0 spiro atoms. The number of carbonyl (C=O) groups is 2. The minimum Gasteiger partial charge on any atom is -0.385 e. The van der Waals surface area contributed by atoms with Gasteiger partial charge in [-0.05, 0) is 70.4 Å². The van der Waals surface area contributed by atoms with E-state index in [1.54, 1.807) is 24.1 Å². The van der Waals surface area contributed by atoms with Crippen LogP contribution in [0.5, 0.6) is 0 Å². The summed E-state index contributed by atoms with van der Waals surface area (Å²) in [5, 5.41) is 1.80. The van der Waals surface area contributed by atoms with Crippen LogP contribution < -0.4 is 4.90 Å². The highest BCUT2D eigenvalue weighted by Gasteiger charge is 2.35. The van der Waals surface area contributed by atoms with E-state index >= 15 is 0 Å². The van der Waals surface area contributed by atoms with E-state index < -0.39 is 10.0 Å². The molecule has 7 nitrogen and oxygen atoms in total. The zero-order valence-corrected chi connectivity index (χ0v) is 23.1. The second-order valence-electron chi connectivity index (χ2n) is 9.18. The van der Waals surface area contributed by atoms with Gasteiger partial charge in [0, 0.05) is 56.6 Å².